The molecule has 0 saturated carbocycles. The summed E-state index contributed by atoms with van der Waals surface area (Å²) in [6.07, 6.45) is 3.41. The maximum absolute atomic E-state index is 13.6. The Morgan fingerprint density at radius 2 is 1.97 bits per heavy atom. The Bertz CT molecular complexity index is 1300. The molecule has 0 spiro atoms. The van der Waals surface area contributed by atoms with Crippen molar-refractivity contribution in [3.8, 4) is 23.2 Å². The second kappa shape index (κ2) is 9.09. The zero-order valence-corrected chi connectivity index (χ0v) is 17.8. The zero-order chi connectivity index (χ0) is 21.8. The number of halogens is 2. The van der Waals surface area contributed by atoms with Gasteiger partial charge in [0.1, 0.15) is 11.6 Å². The Balaban J connectivity index is 1.83. The molecule has 0 aliphatic heterocycles. The van der Waals surface area contributed by atoms with Crippen LogP contribution in [0, 0.1) is 17.7 Å². The third kappa shape index (κ3) is 4.97. The Labute approximate surface area is 184 Å². The summed E-state index contributed by atoms with van der Waals surface area (Å²) >= 11 is 5.96. The number of fused-ring (bicyclic) bond motifs is 1. The summed E-state index contributed by atoms with van der Waals surface area (Å²) in [6, 6.07) is 14.0. The highest BCUT2D eigenvalue weighted by molar-refractivity contribution is 6.31. The number of hydrogen-bond donors (Lipinski definition) is 1. The fraction of sp³-hybridized carbons (Fsp3) is 0.125. The van der Waals surface area contributed by atoms with Gasteiger partial charge in [0, 0.05) is 34.6 Å². The highest BCUT2D eigenvalue weighted by Crippen LogP contribution is 2.29. The molecule has 4 aromatic rings. The minimum atomic E-state index is -0.478. The molecule has 5 nitrogen and oxygen atoms in total. The van der Waals surface area contributed by atoms with Crippen LogP contribution in [-0.4, -0.2) is 40.5 Å². The summed E-state index contributed by atoms with van der Waals surface area (Å²) in [5.41, 5.74) is 3.02. The third-order valence-corrected chi connectivity index (χ3v) is 4.72. The molecule has 2 aromatic heterocycles. The first-order valence-corrected chi connectivity index (χ1v) is 9.95. The lowest BCUT2D eigenvalue weighted by Gasteiger charge is -2.12. The average molecular weight is 432 g/mol. The molecule has 0 radical (unpaired) electrons. The van der Waals surface area contributed by atoms with Gasteiger partial charge < -0.3 is 5.32 Å². The summed E-state index contributed by atoms with van der Waals surface area (Å²) in [5, 5.41) is 4.08. The molecule has 0 atom stereocenters. The Morgan fingerprint density at radius 3 is 2.71 bits per heavy atom. The Morgan fingerprint density at radius 1 is 1.10 bits per heavy atom. The number of anilines is 2. The lowest BCUT2D eigenvalue weighted by molar-refractivity contribution is 0.464. The van der Waals surface area contributed by atoms with Crippen molar-refractivity contribution in [3.63, 3.8) is 0 Å². The summed E-state index contributed by atoms with van der Waals surface area (Å²) in [5.74, 6) is 6.92. The van der Waals surface area contributed by atoms with Crippen LogP contribution in [-0.2, 0) is 0 Å². The monoisotopic (exact) mass is 431 g/mol. The SMILES string of the molecule is CN(C)CC#Cc1ccc2nc(-c3cccnc3)nc(Nc3ccc(F)c(Cl)c3)c2c1. The van der Waals surface area contributed by atoms with Crippen molar-refractivity contribution in [1.82, 2.24) is 19.9 Å². The van der Waals surface area contributed by atoms with Crippen molar-refractivity contribution in [2.75, 3.05) is 26.0 Å². The molecule has 0 aliphatic carbocycles. The highest BCUT2D eigenvalue weighted by atomic mass is 35.5. The predicted molar refractivity (Wildman–Crippen MR) is 123 cm³/mol. The molecule has 154 valence electrons. The van der Waals surface area contributed by atoms with Crippen molar-refractivity contribution < 1.29 is 4.39 Å². The molecule has 4 rings (SSSR count). The van der Waals surface area contributed by atoms with Crippen LogP contribution in [0.2, 0.25) is 5.02 Å². The molecular formula is C24H19ClFN5. The van der Waals surface area contributed by atoms with E-state index in [1.54, 1.807) is 18.5 Å². The second-order valence-electron chi connectivity index (χ2n) is 7.16. The first-order chi connectivity index (χ1) is 15.0. The van der Waals surface area contributed by atoms with Gasteiger partial charge in [-0.25, -0.2) is 14.4 Å². The van der Waals surface area contributed by atoms with Gasteiger partial charge in [-0.15, -0.1) is 0 Å². The minimum absolute atomic E-state index is 0.0334. The summed E-state index contributed by atoms with van der Waals surface area (Å²) in [4.78, 5) is 15.6. The van der Waals surface area contributed by atoms with Crippen molar-refractivity contribution in [2.24, 2.45) is 0 Å². The molecule has 0 amide bonds. The van der Waals surface area contributed by atoms with E-state index in [0.717, 1.165) is 22.0 Å². The maximum atomic E-state index is 13.6. The van der Waals surface area contributed by atoms with Crippen molar-refractivity contribution in [2.45, 2.75) is 0 Å². The molecule has 0 aliphatic rings. The van der Waals surface area contributed by atoms with E-state index in [1.807, 2.05) is 49.3 Å². The van der Waals surface area contributed by atoms with Crippen LogP contribution < -0.4 is 5.32 Å². The predicted octanol–water partition coefficient (Wildman–Crippen LogP) is 5.14. The fourth-order valence-corrected chi connectivity index (χ4v) is 3.12. The summed E-state index contributed by atoms with van der Waals surface area (Å²) in [7, 11) is 3.94. The highest BCUT2D eigenvalue weighted by Gasteiger charge is 2.12. The molecule has 7 heteroatoms. The number of benzene rings is 2. The average Bonchev–Trinajstić information content (AvgIpc) is 2.77. The zero-order valence-electron chi connectivity index (χ0n) is 17.0. The molecule has 0 bridgehead atoms. The normalized spacial score (nSPS) is 10.7. The van der Waals surface area contributed by atoms with Gasteiger partial charge in [0.05, 0.1) is 17.1 Å². The number of pyridine rings is 1. The molecule has 0 saturated heterocycles. The van der Waals surface area contributed by atoms with Gasteiger partial charge in [0.15, 0.2) is 5.82 Å². The van der Waals surface area contributed by atoms with E-state index < -0.39 is 5.82 Å². The van der Waals surface area contributed by atoms with E-state index in [4.69, 9.17) is 21.6 Å². The second-order valence-corrected chi connectivity index (χ2v) is 7.57. The first-order valence-electron chi connectivity index (χ1n) is 9.57. The van der Waals surface area contributed by atoms with Gasteiger partial charge >= 0.3 is 0 Å². The number of hydrogen-bond acceptors (Lipinski definition) is 5. The lowest BCUT2D eigenvalue weighted by Crippen LogP contribution is -2.10. The molecule has 0 unspecified atom stereocenters. The fourth-order valence-electron chi connectivity index (χ4n) is 2.94. The van der Waals surface area contributed by atoms with Crippen molar-refractivity contribution in [1.29, 1.82) is 0 Å². The third-order valence-electron chi connectivity index (χ3n) is 4.43. The van der Waals surface area contributed by atoms with Crippen molar-refractivity contribution >= 4 is 34.0 Å². The van der Waals surface area contributed by atoms with Gasteiger partial charge in [-0.1, -0.05) is 23.4 Å². The van der Waals surface area contributed by atoms with E-state index in [9.17, 15) is 4.39 Å². The van der Waals surface area contributed by atoms with Crippen LogP contribution in [0.4, 0.5) is 15.9 Å². The molecule has 1 N–H and O–H groups in total. The quantitative estimate of drug-likeness (QED) is 0.453. The van der Waals surface area contributed by atoms with Crippen LogP contribution in [0.15, 0.2) is 60.9 Å². The Kier molecular flexibility index (Phi) is 6.08. The van der Waals surface area contributed by atoms with E-state index in [0.29, 0.717) is 23.9 Å². The molecule has 2 aromatic carbocycles. The van der Waals surface area contributed by atoms with Gasteiger partial charge in [-0.2, -0.15) is 0 Å². The standard InChI is InChI=1S/C24H19ClFN5/c1-31(2)12-4-5-16-7-10-22-19(13-16)24(28-18-8-9-21(26)20(25)14-18)30-23(29-22)17-6-3-11-27-15-17/h3,6-11,13-15H,12H2,1-2H3,(H,28,29,30). The molecule has 2 heterocycles. The topological polar surface area (TPSA) is 53.9 Å². The number of nitrogens with zero attached hydrogens (tertiary/aromatic N) is 4. The van der Waals surface area contributed by atoms with E-state index >= 15 is 0 Å². The molecule has 0 fully saturated rings. The van der Waals surface area contributed by atoms with Gasteiger partial charge in [0.25, 0.3) is 0 Å². The Hall–Kier alpha value is -3.53. The van der Waals surface area contributed by atoms with E-state index in [-0.39, 0.29) is 5.02 Å². The minimum Gasteiger partial charge on any atom is -0.340 e. The van der Waals surface area contributed by atoms with E-state index in [1.165, 1.54) is 12.1 Å². The van der Waals surface area contributed by atoms with Crippen molar-refractivity contribution in [3.05, 3.63) is 77.3 Å². The van der Waals surface area contributed by atoms with Gasteiger partial charge in [-0.05, 0) is 62.6 Å². The number of rotatable bonds is 4. The van der Waals surface area contributed by atoms with Gasteiger partial charge in [0.2, 0.25) is 0 Å². The van der Waals surface area contributed by atoms with Gasteiger partial charge in [-0.3, -0.25) is 9.88 Å². The lowest BCUT2D eigenvalue weighted by atomic mass is 10.1. The van der Waals surface area contributed by atoms with Crippen LogP contribution >= 0.6 is 11.6 Å². The smallest absolute Gasteiger partial charge is 0.163 e. The largest absolute Gasteiger partial charge is 0.340 e. The summed E-state index contributed by atoms with van der Waals surface area (Å²) < 4.78 is 13.6. The molecule has 31 heavy (non-hydrogen) atoms. The van der Waals surface area contributed by atoms with E-state index in [2.05, 4.69) is 22.1 Å². The summed E-state index contributed by atoms with van der Waals surface area (Å²) in [6.45, 7) is 0.660. The molecular weight excluding hydrogens is 413 g/mol. The number of aromatic nitrogens is 3. The van der Waals surface area contributed by atoms with Crippen LogP contribution in [0.1, 0.15) is 5.56 Å². The van der Waals surface area contributed by atoms with Crippen LogP contribution in [0.5, 0.6) is 0 Å². The van der Waals surface area contributed by atoms with Crippen LogP contribution in [0.3, 0.4) is 0 Å². The maximum Gasteiger partial charge on any atom is 0.163 e. The number of nitrogens with one attached hydrogen (secondary N) is 1. The van der Waals surface area contributed by atoms with Crippen LogP contribution in [0.25, 0.3) is 22.3 Å². The first kappa shape index (κ1) is 20.7.